The van der Waals surface area contributed by atoms with Crippen molar-refractivity contribution in [3.05, 3.63) is 39.6 Å². The molecular formula is C16H15N2O5-. The Morgan fingerprint density at radius 3 is 2.70 bits per heavy atom. The van der Waals surface area contributed by atoms with Crippen LogP contribution in [-0.4, -0.2) is 16.8 Å². The van der Waals surface area contributed by atoms with Crippen LogP contribution in [0.3, 0.4) is 0 Å². The molecule has 1 heterocycles. The molecule has 0 N–H and O–H groups in total. The Bertz CT molecular complexity index is 717. The maximum Gasteiger partial charge on any atom is 0.363 e. The fourth-order valence-corrected chi connectivity index (χ4v) is 2.90. The minimum absolute atomic E-state index is 0.0168. The lowest BCUT2D eigenvalue weighted by molar-refractivity contribution is -0.398. The average molecular weight is 315 g/mol. The van der Waals surface area contributed by atoms with Crippen LogP contribution in [0.25, 0.3) is 6.08 Å². The first kappa shape index (κ1) is 15.2. The van der Waals surface area contributed by atoms with Crippen molar-refractivity contribution in [2.45, 2.75) is 32.1 Å². The van der Waals surface area contributed by atoms with Gasteiger partial charge in [-0.2, -0.15) is 0 Å². The highest BCUT2D eigenvalue weighted by molar-refractivity contribution is 6.08. The summed E-state index contributed by atoms with van der Waals surface area (Å²) in [6.07, 6.45) is 6.46. The van der Waals surface area contributed by atoms with Gasteiger partial charge in [0.25, 0.3) is 5.69 Å². The van der Waals surface area contributed by atoms with Crippen LogP contribution >= 0.6 is 0 Å². The first-order chi connectivity index (χ1) is 11.1. The quantitative estimate of drug-likeness (QED) is 0.369. The number of carbonyl (C=O) groups is 1. The number of esters is 1. The van der Waals surface area contributed by atoms with Crippen LogP contribution < -0.4 is 5.11 Å². The van der Waals surface area contributed by atoms with E-state index in [0.29, 0.717) is 5.90 Å². The Kier molecular flexibility index (Phi) is 4.10. The van der Waals surface area contributed by atoms with E-state index in [-0.39, 0.29) is 17.2 Å². The van der Waals surface area contributed by atoms with Crippen molar-refractivity contribution in [3.63, 3.8) is 0 Å². The number of cyclic esters (lactones) is 1. The molecule has 1 saturated carbocycles. The maximum atomic E-state index is 12.0. The largest absolute Gasteiger partial charge is 0.867 e. The van der Waals surface area contributed by atoms with Gasteiger partial charge in [0.15, 0.2) is 5.70 Å². The van der Waals surface area contributed by atoms with E-state index < -0.39 is 22.3 Å². The van der Waals surface area contributed by atoms with Gasteiger partial charge in [0.2, 0.25) is 5.90 Å². The normalized spacial score (nSPS) is 20.4. The number of ether oxygens (including phenoxy) is 1. The van der Waals surface area contributed by atoms with Crippen LogP contribution in [0.4, 0.5) is 5.69 Å². The van der Waals surface area contributed by atoms with Gasteiger partial charge < -0.3 is 9.84 Å². The zero-order chi connectivity index (χ0) is 16.4. The number of hydrogen-bond acceptors (Lipinski definition) is 6. The zero-order valence-corrected chi connectivity index (χ0v) is 12.4. The predicted molar refractivity (Wildman–Crippen MR) is 80.6 cm³/mol. The zero-order valence-electron chi connectivity index (χ0n) is 12.4. The Balaban J connectivity index is 1.90. The number of carbonyl (C=O) groups excluding carboxylic acids is 1. The lowest BCUT2D eigenvalue weighted by Crippen LogP contribution is -2.19. The molecule has 0 bridgehead atoms. The van der Waals surface area contributed by atoms with E-state index in [1.54, 1.807) is 0 Å². The van der Waals surface area contributed by atoms with Crippen molar-refractivity contribution < 1.29 is 19.6 Å². The van der Waals surface area contributed by atoms with Gasteiger partial charge in [0.1, 0.15) is 0 Å². The third-order valence-corrected chi connectivity index (χ3v) is 4.11. The second kappa shape index (κ2) is 6.20. The molecule has 0 unspecified atom stereocenters. The van der Waals surface area contributed by atoms with E-state index in [9.17, 15) is 20.0 Å². The lowest BCUT2D eigenvalue weighted by Gasteiger charge is -2.19. The van der Waals surface area contributed by atoms with E-state index in [4.69, 9.17) is 4.74 Å². The average Bonchev–Trinajstić information content (AvgIpc) is 2.91. The molecule has 1 fully saturated rings. The first-order valence-corrected chi connectivity index (χ1v) is 7.53. The molecule has 120 valence electrons. The first-order valence-electron chi connectivity index (χ1n) is 7.53. The van der Waals surface area contributed by atoms with E-state index in [1.807, 2.05) is 0 Å². The summed E-state index contributed by atoms with van der Waals surface area (Å²) < 4.78 is 5.21. The summed E-state index contributed by atoms with van der Waals surface area (Å²) in [6.45, 7) is 0. The van der Waals surface area contributed by atoms with Crippen molar-refractivity contribution in [1.82, 2.24) is 0 Å². The van der Waals surface area contributed by atoms with Crippen molar-refractivity contribution in [3.8, 4) is 5.75 Å². The number of nitro groups is 1. The van der Waals surface area contributed by atoms with Gasteiger partial charge in [-0.3, -0.25) is 10.1 Å². The van der Waals surface area contributed by atoms with Crippen molar-refractivity contribution in [1.29, 1.82) is 0 Å². The van der Waals surface area contributed by atoms with Crippen LogP contribution in [-0.2, 0) is 9.53 Å². The molecule has 2 aliphatic rings. The van der Waals surface area contributed by atoms with Gasteiger partial charge in [-0.25, -0.2) is 9.79 Å². The second-order valence-electron chi connectivity index (χ2n) is 5.66. The third kappa shape index (κ3) is 3.08. The minimum atomic E-state index is -0.742. The summed E-state index contributed by atoms with van der Waals surface area (Å²) in [5.41, 5.74) is -0.454. The minimum Gasteiger partial charge on any atom is -0.867 e. The highest BCUT2D eigenvalue weighted by Gasteiger charge is 2.30. The van der Waals surface area contributed by atoms with Crippen molar-refractivity contribution in [2.24, 2.45) is 10.9 Å². The van der Waals surface area contributed by atoms with Gasteiger partial charge in [-0.1, -0.05) is 31.4 Å². The molecular weight excluding hydrogens is 300 g/mol. The highest BCUT2D eigenvalue weighted by Crippen LogP contribution is 2.32. The summed E-state index contributed by atoms with van der Waals surface area (Å²) in [4.78, 5) is 26.2. The number of rotatable bonds is 3. The molecule has 1 aromatic rings. The van der Waals surface area contributed by atoms with Crippen LogP contribution in [0.15, 0.2) is 28.9 Å². The van der Waals surface area contributed by atoms with Crippen LogP contribution in [0.1, 0.15) is 37.7 Å². The number of aliphatic imine (C=N–C) groups is 1. The molecule has 1 aliphatic heterocycles. The predicted octanol–water partition coefficient (Wildman–Crippen LogP) is 2.54. The molecule has 3 rings (SSSR count). The van der Waals surface area contributed by atoms with Crippen LogP contribution in [0.2, 0.25) is 0 Å². The van der Waals surface area contributed by atoms with Crippen molar-refractivity contribution in [2.75, 3.05) is 0 Å². The van der Waals surface area contributed by atoms with Gasteiger partial charge >= 0.3 is 5.97 Å². The van der Waals surface area contributed by atoms with E-state index >= 15 is 0 Å². The molecule has 7 heteroatoms. The molecule has 0 atom stereocenters. The summed E-state index contributed by atoms with van der Waals surface area (Å²) in [7, 11) is 0. The number of nitrogens with zero attached hydrogens (tertiary/aromatic N) is 2. The molecule has 0 saturated heterocycles. The summed E-state index contributed by atoms with van der Waals surface area (Å²) in [5, 5.41) is 22.8. The molecule has 0 amide bonds. The van der Waals surface area contributed by atoms with Crippen LogP contribution in [0, 0.1) is 16.0 Å². The van der Waals surface area contributed by atoms with E-state index in [2.05, 4.69) is 4.99 Å². The number of para-hydroxylation sites is 1. The fourth-order valence-electron chi connectivity index (χ4n) is 2.90. The fraction of sp³-hybridized carbons (Fsp3) is 0.375. The molecule has 23 heavy (non-hydrogen) atoms. The third-order valence-electron chi connectivity index (χ3n) is 4.11. The second-order valence-corrected chi connectivity index (χ2v) is 5.66. The maximum absolute atomic E-state index is 12.0. The van der Waals surface area contributed by atoms with E-state index in [0.717, 1.165) is 31.7 Å². The monoisotopic (exact) mass is 315 g/mol. The number of benzene rings is 1. The van der Waals surface area contributed by atoms with Crippen molar-refractivity contribution >= 4 is 23.6 Å². The molecule has 0 radical (unpaired) electrons. The standard InChI is InChI=1S/C16H16N2O5/c19-14-11(7-4-8-13(14)18(21)22)9-12-16(20)23-15(17-12)10-5-2-1-3-6-10/h4,7-10,19H,1-3,5-6H2/p-1/b12-9-. The number of nitro benzene ring substituents is 1. The Morgan fingerprint density at radius 2 is 2.00 bits per heavy atom. The van der Waals surface area contributed by atoms with Gasteiger partial charge in [0.05, 0.1) is 4.92 Å². The Labute approximate surface area is 132 Å². The Morgan fingerprint density at radius 1 is 1.26 bits per heavy atom. The SMILES string of the molecule is O=C1OC(C2CCCCC2)=N/C1=C\c1cccc([N+](=O)[O-])c1[O-]. The summed E-state index contributed by atoms with van der Waals surface area (Å²) in [5.74, 6) is -0.815. The summed E-state index contributed by atoms with van der Waals surface area (Å²) >= 11 is 0. The molecule has 0 spiro atoms. The van der Waals surface area contributed by atoms with Gasteiger partial charge in [-0.05, 0) is 30.2 Å². The molecule has 1 aliphatic carbocycles. The molecule has 0 aromatic heterocycles. The molecule has 7 nitrogen and oxygen atoms in total. The Hall–Kier alpha value is -2.70. The van der Waals surface area contributed by atoms with Gasteiger partial charge in [-0.15, -0.1) is 0 Å². The smallest absolute Gasteiger partial charge is 0.363 e. The highest BCUT2D eigenvalue weighted by atomic mass is 16.6. The van der Waals surface area contributed by atoms with Crippen LogP contribution in [0.5, 0.6) is 5.75 Å². The number of hydrogen-bond donors (Lipinski definition) is 0. The topological polar surface area (TPSA) is 105 Å². The molecule has 1 aromatic carbocycles. The van der Waals surface area contributed by atoms with E-state index in [1.165, 1.54) is 24.6 Å². The lowest BCUT2D eigenvalue weighted by atomic mass is 9.89. The van der Waals surface area contributed by atoms with Gasteiger partial charge in [0, 0.05) is 12.0 Å². The summed E-state index contributed by atoms with van der Waals surface area (Å²) in [6, 6.07) is 3.95.